The fourth-order valence-electron chi connectivity index (χ4n) is 1.30. The van der Waals surface area contributed by atoms with E-state index < -0.39 is 5.91 Å². The molecule has 0 spiro atoms. The van der Waals surface area contributed by atoms with Crippen LogP contribution in [0.2, 0.25) is 0 Å². The molecule has 0 radical (unpaired) electrons. The molecule has 0 aliphatic heterocycles. The van der Waals surface area contributed by atoms with E-state index in [9.17, 15) is 4.79 Å². The first-order valence-corrected chi connectivity index (χ1v) is 5.64. The summed E-state index contributed by atoms with van der Waals surface area (Å²) in [6.45, 7) is 0. The van der Waals surface area contributed by atoms with Gasteiger partial charge in [-0.1, -0.05) is 22.0 Å². The molecule has 5 heteroatoms. The Hall–Kier alpha value is -1.88. The fourth-order valence-corrected chi connectivity index (χ4v) is 1.68. The predicted octanol–water partition coefficient (Wildman–Crippen LogP) is 2.74. The third kappa shape index (κ3) is 2.82. The molecule has 2 rings (SSSR count). The van der Waals surface area contributed by atoms with E-state index in [4.69, 9.17) is 10.5 Å². The second-order valence-corrected chi connectivity index (χ2v) is 4.20. The van der Waals surface area contributed by atoms with Crippen LogP contribution in [-0.2, 0) is 0 Å². The smallest absolute Gasteiger partial charge is 0.254 e. The Bertz CT molecular complexity index is 558. The maximum atomic E-state index is 11.2. The molecule has 1 amide bonds. The fraction of sp³-hybridized carbons (Fsp3) is 0. The predicted molar refractivity (Wildman–Crippen MR) is 67.0 cm³/mol. The molecule has 1 heterocycles. The molecule has 0 atom stereocenters. The van der Waals surface area contributed by atoms with Crippen LogP contribution in [0, 0.1) is 0 Å². The van der Waals surface area contributed by atoms with E-state index in [2.05, 4.69) is 20.9 Å². The summed E-state index contributed by atoms with van der Waals surface area (Å²) in [6.07, 6.45) is 1.54. The van der Waals surface area contributed by atoms with Gasteiger partial charge in [-0.3, -0.25) is 4.79 Å². The second-order valence-electron chi connectivity index (χ2n) is 3.28. The van der Waals surface area contributed by atoms with Gasteiger partial charge in [0, 0.05) is 10.7 Å². The van der Waals surface area contributed by atoms with E-state index in [0.717, 1.165) is 4.47 Å². The van der Waals surface area contributed by atoms with Crippen molar-refractivity contribution in [3.05, 3.63) is 52.6 Å². The SMILES string of the molecule is NC(=O)c1cccnc1Oc1cccc(Br)c1. The zero-order valence-corrected chi connectivity index (χ0v) is 10.3. The van der Waals surface area contributed by atoms with E-state index in [1.165, 1.54) is 0 Å². The van der Waals surface area contributed by atoms with Gasteiger partial charge in [0.05, 0.1) is 0 Å². The van der Waals surface area contributed by atoms with E-state index >= 15 is 0 Å². The molecule has 2 N–H and O–H groups in total. The normalized spacial score (nSPS) is 9.94. The van der Waals surface area contributed by atoms with Crippen molar-refractivity contribution < 1.29 is 9.53 Å². The zero-order valence-electron chi connectivity index (χ0n) is 8.76. The van der Waals surface area contributed by atoms with Gasteiger partial charge < -0.3 is 10.5 Å². The maximum Gasteiger partial charge on any atom is 0.254 e. The summed E-state index contributed by atoms with van der Waals surface area (Å²) in [4.78, 5) is 15.2. The van der Waals surface area contributed by atoms with E-state index in [-0.39, 0.29) is 11.4 Å². The summed E-state index contributed by atoms with van der Waals surface area (Å²) in [5.41, 5.74) is 5.49. The van der Waals surface area contributed by atoms with Crippen LogP contribution < -0.4 is 10.5 Å². The summed E-state index contributed by atoms with van der Waals surface area (Å²) >= 11 is 3.33. The molecular weight excluding hydrogens is 284 g/mol. The summed E-state index contributed by atoms with van der Waals surface area (Å²) in [6, 6.07) is 10.5. The molecule has 0 fully saturated rings. The highest BCUT2D eigenvalue weighted by Crippen LogP contribution is 2.24. The van der Waals surface area contributed by atoms with Gasteiger partial charge in [-0.05, 0) is 30.3 Å². The highest BCUT2D eigenvalue weighted by atomic mass is 79.9. The molecule has 86 valence electrons. The molecule has 0 saturated carbocycles. The average Bonchev–Trinajstić information content (AvgIpc) is 2.29. The number of benzene rings is 1. The number of pyridine rings is 1. The summed E-state index contributed by atoms with van der Waals surface area (Å²) in [5.74, 6) is 0.224. The highest BCUT2D eigenvalue weighted by molar-refractivity contribution is 9.10. The van der Waals surface area contributed by atoms with Crippen molar-refractivity contribution in [3.8, 4) is 11.6 Å². The van der Waals surface area contributed by atoms with Gasteiger partial charge in [0.1, 0.15) is 11.3 Å². The molecule has 1 aromatic carbocycles. The first-order valence-electron chi connectivity index (χ1n) is 4.85. The largest absolute Gasteiger partial charge is 0.438 e. The summed E-state index contributed by atoms with van der Waals surface area (Å²) in [5, 5.41) is 0. The third-order valence-corrected chi connectivity index (χ3v) is 2.54. The molecule has 0 aliphatic rings. The lowest BCUT2D eigenvalue weighted by Crippen LogP contribution is -2.12. The lowest BCUT2D eigenvalue weighted by Gasteiger charge is -2.07. The van der Waals surface area contributed by atoms with Gasteiger partial charge in [0.2, 0.25) is 5.88 Å². The number of carbonyl (C=O) groups excluding carboxylic acids is 1. The number of aromatic nitrogens is 1. The number of primary amides is 1. The number of nitrogens with zero attached hydrogens (tertiary/aromatic N) is 1. The number of hydrogen-bond donors (Lipinski definition) is 1. The highest BCUT2D eigenvalue weighted by Gasteiger charge is 2.10. The minimum Gasteiger partial charge on any atom is -0.438 e. The molecule has 4 nitrogen and oxygen atoms in total. The van der Waals surface area contributed by atoms with E-state index in [0.29, 0.717) is 5.75 Å². The Morgan fingerprint density at radius 2 is 2.12 bits per heavy atom. The molecule has 0 aliphatic carbocycles. The number of ether oxygens (including phenoxy) is 1. The maximum absolute atomic E-state index is 11.2. The summed E-state index contributed by atoms with van der Waals surface area (Å²) in [7, 11) is 0. The molecule has 0 saturated heterocycles. The Kier molecular flexibility index (Phi) is 3.39. The molecule has 1 aromatic heterocycles. The zero-order chi connectivity index (χ0) is 12.3. The van der Waals surface area contributed by atoms with Crippen molar-refractivity contribution in [2.24, 2.45) is 5.73 Å². The van der Waals surface area contributed by atoms with Crippen molar-refractivity contribution in [1.82, 2.24) is 4.98 Å². The average molecular weight is 293 g/mol. The van der Waals surface area contributed by atoms with Crippen molar-refractivity contribution in [2.45, 2.75) is 0 Å². The van der Waals surface area contributed by atoms with Crippen LogP contribution in [0.3, 0.4) is 0 Å². The van der Waals surface area contributed by atoms with Crippen LogP contribution in [0.15, 0.2) is 47.1 Å². The standard InChI is InChI=1S/C12H9BrN2O2/c13-8-3-1-4-9(7-8)17-12-10(11(14)16)5-2-6-15-12/h1-7H,(H2,14,16). The van der Waals surface area contributed by atoms with Crippen LogP contribution in [0.25, 0.3) is 0 Å². The van der Waals surface area contributed by atoms with Crippen LogP contribution in [0.4, 0.5) is 0 Å². The quantitative estimate of drug-likeness (QED) is 0.946. The van der Waals surface area contributed by atoms with E-state index in [1.54, 1.807) is 30.5 Å². The Morgan fingerprint density at radius 1 is 1.29 bits per heavy atom. The lowest BCUT2D eigenvalue weighted by molar-refractivity contribution is 0.0997. The van der Waals surface area contributed by atoms with Gasteiger partial charge >= 0.3 is 0 Å². The lowest BCUT2D eigenvalue weighted by atomic mass is 10.2. The molecular formula is C12H9BrN2O2. The van der Waals surface area contributed by atoms with Crippen molar-refractivity contribution in [2.75, 3.05) is 0 Å². The van der Waals surface area contributed by atoms with Gasteiger partial charge in [0.25, 0.3) is 5.91 Å². The molecule has 0 unspecified atom stereocenters. The topological polar surface area (TPSA) is 65.2 Å². The number of amides is 1. The van der Waals surface area contributed by atoms with Crippen LogP contribution >= 0.6 is 15.9 Å². The van der Waals surface area contributed by atoms with Crippen molar-refractivity contribution >= 4 is 21.8 Å². The number of halogens is 1. The Balaban J connectivity index is 2.33. The van der Waals surface area contributed by atoms with Crippen LogP contribution in [-0.4, -0.2) is 10.9 Å². The monoisotopic (exact) mass is 292 g/mol. The van der Waals surface area contributed by atoms with E-state index in [1.807, 2.05) is 12.1 Å². The first-order chi connectivity index (χ1) is 8.16. The minimum atomic E-state index is -0.567. The first kappa shape index (κ1) is 11.6. The Labute approximate surface area is 107 Å². The molecule has 0 bridgehead atoms. The van der Waals surface area contributed by atoms with Crippen LogP contribution in [0.5, 0.6) is 11.6 Å². The molecule has 2 aromatic rings. The number of rotatable bonds is 3. The number of nitrogens with two attached hydrogens (primary N) is 1. The van der Waals surface area contributed by atoms with Gasteiger partial charge in [-0.2, -0.15) is 0 Å². The van der Waals surface area contributed by atoms with Crippen molar-refractivity contribution in [3.63, 3.8) is 0 Å². The van der Waals surface area contributed by atoms with Crippen molar-refractivity contribution in [1.29, 1.82) is 0 Å². The minimum absolute atomic E-state index is 0.207. The van der Waals surface area contributed by atoms with Gasteiger partial charge in [0.15, 0.2) is 0 Å². The van der Waals surface area contributed by atoms with Crippen LogP contribution in [0.1, 0.15) is 10.4 Å². The number of carbonyl (C=O) groups is 1. The van der Waals surface area contributed by atoms with Gasteiger partial charge in [-0.15, -0.1) is 0 Å². The summed E-state index contributed by atoms with van der Waals surface area (Å²) < 4.78 is 6.39. The van der Waals surface area contributed by atoms with Gasteiger partial charge in [-0.25, -0.2) is 4.98 Å². The Morgan fingerprint density at radius 3 is 2.82 bits per heavy atom. The number of hydrogen-bond acceptors (Lipinski definition) is 3. The third-order valence-electron chi connectivity index (χ3n) is 2.05. The second kappa shape index (κ2) is 4.97. The molecule has 17 heavy (non-hydrogen) atoms.